The summed E-state index contributed by atoms with van der Waals surface area (Å²) in [6, 6.07) is 10.6. The molecule has 6 heteroatoms. The number of hydrogen-bond acceptors (Lipinski definition) is 5. The molecule has 35 heavy (non-hydrogen) atoms. The van der Waals surface area contributed by atoms with E-state index in [0.29, 0.717) is 18.5 Å². The van der Waals surface area contributed by atoms with Crippen molar-refractivity contribution >= 4 is 16.7 Å². The van der Waals surface area contributed by atoms with Crippen molar-refractivity contribution in [2.75, 3.05) is 12.4 Å². The minimum atomic E-state index is 0.327. The number of methoxy groups -OCH3 is 1. The average Bonchev–Trinajstić information content (AvgIpc) is 3.14. The Morgan fingerprint density at radius 1 is 1.14 bits per heavy atom. The Balaban J connectivity index is 1.67. The Morgan fingerprint density at radius 3 is 2.66 bits per heavy atom. The fraction of sp³-hybridized carbons (Fsp3) is 0.414. The first-order chi connectivity index (χ1) is 17.0. The first-order valence-corrected chi connectivity index (χ1v) is 12.7. The molecule has 0 aromatic carbocycles. The standard InChI is InChI=1S/C29H35N5O/c1-6-26-19(4)27-29(34(26)18(2)3)25(32-17-21-15-22(35-5)12-14-30-21)16-24(33-27)23-11-8-13-31-28(23)20-9-7-10-20/h8,11-16,18,20H,6-7,9-10,17H2,1-5H3,(H,32,33). The second-order valence-electron chi connectivity index (χ2n) is 9.75. The summed E-state index contributed by atoms with van der Waals surface area (Å²) in [6.07, 6.45) is 8.37. The zero-order valence-electron chi connectivity index (χ0n) is 21.4. The Bertz CT molecular complexity index is 1350. The van der Waals surface area contributed by atoms with Crippen LogP contribution in [0.1, 0.15) is 74.6 Å². The fourth-order valence-corrected chi connectivity index (χ4v) is 5.28. The van der Waals surface area contributed by atoms with Crippen molar-refractivity contribution in [3.05, 3.63) is 65.4 Å². The van der Waals surface area contributed by atoms with E-state index < -0.39 is 0 Å². The molecular weight excluding hydrogens is 434 g/mol. The number of nitrogens with one attached hydrogen (secondary N) is 1. The van der Waals surface area contributed by atoms with Crippen LogP contribution in [0.2, 0.25) is 0 Å². The largest absolute Gasteiger partial charge is 0.497 e. The highest BCUT2D eigenvalue weighted by atomic mass is 16.5. The molecule has 0 saturated heterocycles. The maximum Gasteiger partial charge on any atom is 0.122 e. The molecule has 1 saturated carbocycles. The van der Waals surface area contributed by atoms with Gasteiger partial charge in [-0.1, -0.05) is 13.3 Å². The molecule has 1 aliphatic carbocycles. The topological polar surface area (TPSA) is 64.9 Å². The Kier molecular flexibility index (Phi) is 6.46. The highest BCUT2D eigenvalue weighted by Gasteiger charge is 2.26. The van der Waals surface area contributed by atoms with Gasteiger partial charge in [0.15, 0.2) is 0 Å². The number of aryl methyl sites for hydroxylation is 1. The van der Waals surface area contributed by atoms with Gasteiger partial charge in [0.2, 0.25) is 0 Å². The van der Waals surface area contributed by atoms with E-state index in [1.165, 1.54) is 36.2 Å². The van der Waals surface area contributed by atoms with Crippen LogP contribution in [-0.2, 0) is 13.0 Å². The number of anilines is 1. The van der Waals surface area contributed by atoms with E-state index >= 15 is 0 Å². The van der Waals surface area contributed by atoms with E-state index in [1.807, 2.05) is 24.4 Å². The molecular formula is C29H35N5O. The fourth-order valence-electron chi connectivity index (χ4n) is 5.28. The van der Waals surface area contributed by atoms with E-state index in [-0.39, 0.29) is 0 Å². The smallest absolute Gasteiger partial charge is 0.122 e. The number of ether oxygens (including phenoxy) is 1. The lowest BCUT2D eigenvalue weighted by Crippen LogP contribution is -2.12. The van der Waals surface area contributed by atoms with Crippen LogP contribution >= 0.6 is 0 Å². The van der Waals surface area contributed by atoms with E-state index in [1.54, 1.807) is 13.3 Å². The first-order valence-electron chi connectivity index (χ1n) is 12.7. The van der Waals surface area contributed by atoms with Crippen LogP contribution in [0, 0.1) is 6.92 Å². The molecule has 0 atom stereocenters. The predicted molar refractivity (Wildman–Crippen MR) is 142 cm³/mol. The quantitative estimate of drug-likeness (QED) is 0.306. The van der Waals surface area contributed by atoms with E-state index in [9.17, 15) is 0 Å². The lowest BCUT2D eigenvalue weighted by atomic mass is 9.80. The Hall–Kier alpha value is -3.41. The molecule has 0 amide bonds. The van der Waals surface area contributed by atoms with Gasteiger partial charge in [-0.05, 0) is 69.9 Å². The molecule has 1 fully saturated rings. The predicted octanol–water partition coefficient (Wildman–Crippen LogP) is 6.83. The van der Waals surface area contributed by atoms with Crippen molar-refractivity contribution in [2.24, 2.45) is 0 Å². The highest BCUT2D eigenvalue weighted by Crippen LogP contribution is 2.41. The number of aromatic nitrogens is 4. The van der Waals surface area contributed by atoms with Crippen LogP contribution in [-0.4, -0.2) is 26.6 Å². The molecule has 4 aromatic heterocycles. The first kappa shape index (κ1) is 23.3. The minimum Gasteiger partial charge on any atom is -0.497 e. The van der Waals surface area contributed by atoms with Crippen molar-refractivity contribution in [3.8, 4) is 17.0 Å². The third-order valence-electron chi connectivity index (χ3n) is 7.25. The van der Waals surface area contributed by atoms with Crippen LogP contribution in [0.25, 0.3) is 22.3 Å². The average molecular weight is 470 g/mol. The number of hydrogen-bond donors (Lipinski definition) is 1. The van der Waals surface area contributed by atoms with E-state index in [4.69, 9.17) is 14.7 Å². The Labute approximate surface area is 207 Å². The summed E-state index contributed by atoms with van der Waals surface area (Å²) >= 11 is 0. The van der Waals surface area contributed by atoms with Gasteiger partial charge in [-0.15, -0.1) is 0 Å². The molecule has 0 aliphatic heterocycles. The molecule has 4 heterocycles. The van der Waals surface area contributed by atoms with Gasteiger partial charge in [-0.25, -0.2) is 4.98 Å². The second kappa shape index (κ2) is 9.68. The maximum absolute atomic E-state index is 5.40. The molecule has 5 rings (SSSR count). The third kappa shape index (κ3) is 4.26. The van der Waals surface area contributed by atoms with Gasteiger partial charge in [0.25, 0.3) is 0 Å². The normalized spacial score (nSPS) is 13.9. The third-order valence-corrected chi connectivity index (χ3v) is 7.25. The maximum atomic E-state index is 5.40. The van der Waals surface area contributed by atoms with Gasteiger partial charge < -0.3 is 14.6 Å². The molecule has 182 valence electrons. The van der Waals surface area contributed by atoms with E-state index in [0.717, 1.165) is 45.8 Å². The minimum absolute atomic E-state index is 0.327. The van der Waals surface area contributed by atoms with Gasteiger partial charge in [0, 0.05) is 41.7 Å². The number of pyridine rings is 3. The van der Waals surface area contributed by atoms with Crippen molar-refractivity contribution in [3.63, 3.8) is 0 Å². The summed E-state index contributed by atoms with van der Waals surface area (Å²) < 4.78 is 7.84. The molecule has 0 radical (unpaired) electrons. The van der Waals surface area contributed by atoms with Crippen molar-refractivity contribution in [1.29, 1.82) is 0 Å². The van der Waals surface area contributed by atoms with Gasteiger partial charge in [-0.3, -0.25) is 9.97 Å². The molecule has 0 bridgehead atoms. The van der Waals surface area contributed by atoms with Gasteiger partial charge >= 0.3 is 0 Å². The summed E-state index contributed by atoms with van der Waals surface area (Å²) in [4.78, 5) is 14.6. The van der Waals surface area contributed by atoms with Crippen molar-refractivity contribution < 1.29 is 4.74 Å². The zero-order chi connectivity index (χ0) is 24.5. The molecule has 1 N–H and O–H groups in total. The van der Waals surface area contributed by atoms with Gasteiger partial charge in [0.05, 0.1) is 47.5 Å². The second-order valence-corrected chi connectivity index (χ2v) is 9.75. The van der Waals surface area contributed by atoms with Crippen molar-refractivity contribution in [2.45, 2.75) is 71.9 Å². The Morgan fingerprint density at radius 2 is 1.97 bits per heavy atom. The van der Waals surface area contributed by atoms with Crippen LogP contribution in [0.3, 0.4) is 0 Å². The SMILES string of the molecule is CCc1c(C)c2nc(-c3cccnc3C3CCC3)cc(NCc3cc(OC)ccn3)c2n1C(C)C. The van der Waals surface area contributed by atoms with Crippen LogP contribution in [0.15, 0.2) is 42.7 Å². The number of fused-ring (bicyclic) bond motifs is 1. The summed E-state index contributed by atoms with van der Waals surface area (Å²) in [5.74, 6) is 1.35. The van der Waals surface area contributed by atoms with Crippen LogP contribution < -0.4 is 10.1 Å². The number of rotatable bonds is 8. The lowest BCUT2D eigenvalue weighted by molar-refractivity contribution is 0.412. The molecule has 6 nitrogen and oxygen atoms in total. The highest BCUT2D eigenvalue weighted by molar-refractivity contribution is 5.95. The summed E-state index contributed by atoms with van der Waals surface area (Å²) in [5, 5.41) is 3.70. The monoisotopic (exact) mass is 469 g/mol. The van der Waals surface area contributed by atoms with Gasteiger partial charge in [0.1, 0.15) is 5.75 Å². The zero-order valence-corrected chi connectivity index (χ0v) is 21.4. The van der Waals surface area contributed by atoms with Crippen molar-refractivity contribution in [1.82, 2.24) is 19.5 Å². The van der Waals surface area contributed by atoms with E-state index in [2.05, 4.69) is 54.7 Å². The molecule has 0 spiro atoms. The summed E-state index contributed by atoms with van der Waals surface area (Å²) in [7, 11) is 1.68. The molecule has 0 unspecified atom stereocenters. The number of nitrogens with zero attached hydrogens (tertiary/aromatic N) is 4. The molecule has 1 aliphatic rings. The van der Waals surface area contributed by atoms with Crippen LogP contribution in [0.4, 0.5) is 5.69 Å². The molecule has 4 aromatic rings. The lowest BCUT2D eigenvalue weighted by Gasteiger charge is -2.26. The van der Waals surface area contributed by atoms with Gasteiger partial charge in [-0.2, -0.15) is 0 Å². The van der Waals surface area contributed by atoms with Crippen LogP contribution in [0.5, 0.6) is 5.75 Å². The summed E-state index contributed by atoms with van der Waals surface area (Å²) in [6.45, 7) is 9.52. The summed E-state index contributed by atoms with van der Waals surface area (Å²) in [5.41, 5.74) is 10.2.